The second-order valence-electron chi connectivity index (χ2n) is 11.1. The van der Waals surface area contributed by atoms with Crippen molar-refractivity contribution in [1.82, 2.24) is 4.98 Å². The fourth-order valence-corrected chi connectivity index (χ4v) is 6.15. The van der Waals surface area contributed by atoms with Crippen LogP contribution < -0.4 is 4.90 Å². The maximum atomic E-state index is 14.7. The van der Waals surface area contributed by atoms with Gasteiger partial charge in [-0.15, -0.1) is 11.3 Å². The number of halogens is 1. The van der Waals surface area contributed by atoms with E-state index >= 15 is 0 Å². The Morgan fingerprint density at radius 1 is 0.761 bits per heavy atom. The molecule has 0 atom stereocenters. The number of hydrogen-bond donors (Lipinski definition) is 0. The van der Waals surface area contributed by atoms with E-state index in [1.807, 2.05) is 35.7 Å². The molecular formula is C37H29FN2O5S. The molecule has 230 valence electrons. The van der Waals surface area contributed by atoms with E-state index in [-0.39, 0.29) is 55.3 Å². The second kappa shape index (κ2) is 13.4. The zero-order valence-electron chi connectivity index (χ0n) is 25.0. The molecule has 0 unspecified atom stereocenters. The first-order chi connectivity index (χ1) is 22.3. The van der Waals surface area contributed by atoms with Crippen LogP contribution in [0.15, 0.2) is 101 Å². The average molecular weight is 633 g/mol. The van der Waals surface area contributed by atoms with Gasteiger partial charge in [0, 0.05) is 66.1 Å². The fourth-order valence-electron chi connectivity index (χ4n) is 5.38. The van der Waals surface area contributed by atoms with Gasteiger partial charge in [0.05, 0.1) is 6.26 Å². The number of furan rings is 1. The van der Waals surface area contributed by atoms with Crippen LogP contribution in [-0.2, 0) is 6.54 Å². The van der Waals surface area contributed by atoms with E-state index in [1.54, 1.807) is 65.7 Å². The van der Waals surface area contributed by atoms with Crippen molar-refractivity contribution in [3.63, 3.8) is 0 Å². The molecule has 0 N–H and O–H groups in total. The highest BCUT2D eigenvalue weighted by Crippen LogP contribution is 2.24. The predicted molar refractivity (Wildman–Crippen MR) is 177 cm³/mol. The minimum Gasteiger partial charge on any atom is -0.464 e. The minimum absolute atomic E-state index is 0.0589. The van der Waals surface area contributed by atoms with Gasteiger partial charge in [0.1, 0.15) is 17.1 Å². The molecule has 6 aromatic rings. The van der Waals surface area contributed by atoms with Crippen molar-refractivity contribution >= 4 is 61.3 Å². The number of rotatable bonds is 13. The number of Topliss-reactive ketones (excluding diaryl/α,β-unsaturated/α-hetero) is 4. The number of fused-ring (bicyclic) bond motifs is 2. The molecule has 6 rings (SSSR count). The van der Waals surface area contributed by atoms with Crippen LogP contribution in [0.5, 0.6) is 0 Å². The summed E-state index contributed by atoms with van der Waals surface area (Å²) in [5, 5.41) is 3.77. The van der Waals surface area contributed by atoms with Crippen LogP contribution in [0.3, 0.4) is 0 Å². The third-order valence-electron chi connectivity index (χ3n) is 7.92. The number of carbonyl (C=O) groups is 4. The molecule has 3 aromatic heterocycles. The van der Waals surface area contributed by atoms with E-state index in [1.165, 1.54) is 18.4 Å². The first-order valence-electron chi connectivity index (χ1n) is 14.8. The van der Waals surface area contributed by atoms with Gasteiger partial charge in [0.25, 0.3) is 0 Å². The SMILES string of the molecule is CN(Cc1ccccc1C(=O)CCC(=O)c1ccc2sccc2c1)c1ccc(F)c(C(=O)CCC(=O)c2ccc3occc3c2)n1. The Morgan fingerprint density at radius 2 is 1.46 bits per heavy atom. The quantitative estimate of drug-likeness (QED) is 0.118. The lowest BCUT2D eigenvalue weighted by atomic mass is 9.97. The van der Waals surface area contributed by atoms with E-state index in [2.05, 4.69) is 4.98 Å². The maximum absolute atomic E-state index is 14.7. The molecule has 0 saturated carbocycles. The van der Waals surface area contributed by atoms with E-state index in [4.69, 9.17) is 4.42 Å². The number of ketones is 4. The summed E-state index contributed by atoms with van der Waals surface area (Å²) in [6.45, 7) is 0.256. The molecule has 0 bridgehead atoms. The van der Waals surface area contributed by atoms with Crippen molar-refractivity contribution in [2.75, 3.05) is 11.9 Å². The number of thiophene rings is 1. The first kappa shape index (κ1) is 30.7. The lowest BCUT2D eigenvalue weighted by molar-refractivity contribution is 0.0912. The van der Waals surface area contributed by atoms with Crippen molar-refractivity contribution in [2.24, 2.45) is 0 Å². The number of benzene rings is 3. The minimum atomic E-state index is -0.771. The first-order valence-corrected chi connectivity index (χ1v) is 15.7. The molecule has 0 radical (unpaired) electrons. The van der Waals surface area contributed by atoms with Crippen LogP contribution in [-0.4, -0.2) is 35.2 Å². The van der Waals surface area contributed by atoms with Crippen molar-refractivity contribution < 1.29 is 28.0 Å². The highest BCUT2D eigenvalue weighted by atomic mass is 32.1. The Labute approximate surface area is 268 Å². The van der Waals surface area contributed by atoms with Gasteiger partial charge in [-0.25, -0.2) is 9.37 Å². The smallest absolute Gasteiger partial charge is 0.184 e. The van der Waals surface area contributed by atoms with Gasteiger partial charge in [0.2, 0.25) is 0 Å². The van der Waals surface area contributed by atoms with Gasteiger partial charge in [-0.3, -0.25) is 19.2 Å². The zero-order chi connectivity index (χ0) is 32.2. The van der Waals surface area contributed by atoms with Crippen LogP contribution in [0.2, 0.25) is 0 Å². The number of aromatic nitrogens is 1. The van der Waals surface area contributed by atoms with Crippen LogP contribution in [0, 0.1) is 5.82 Å². The molecule has 0 aliphatic carbocycles. The van der Waals surface area contributed by atoms with Crippen molar-refractivity contribution in [1.29, 1.82) is 0 Å². The van der Waals surface area contributed by atoms with Crippen molar-refractivity contribution in [3.05, 3.63) is 130 Å². The number of pyridine rings is 1. The van der Waals surface area contributed by atoms with Gasteiger partial charge in [-0.1, -0.05) is 24.3 Å². The Bertz CT molecular complexity index is 2110. The number of hydrogen-bond acceptors (Lipinski definition) is 8. The van der Waals surface area contributed by atoms with E-state index in [9.17, 15) is 23.6 Å². The number of carbonyl (C=O) groups excluding carboxylic acids is 4. The normalized spacial score (nSPS) is 11.2. The van der Waals surface area contributed by atoms with E-state index < -0.39 is 11.6 Å². The predicted octanol–water partition coefficient (Wildman–Crippen LogP) is 8.51. The lowest BCUT2D eigenvalue weighted by Crippen LogP contribution is -2.21. The highest BCUT2D eigenvalue weighted by Gasteiger charge is 2.20. The summed E-state index contributed by atoms with van der Waals surface area (Å²) in [5.74, 6) is -1.51. The number of nitrogens with zero attached hydrogens (tertiary/aromatic N) is 2. The van der Waals surface area contributed by atoms with Gasteiger partial charge >= 0.3 is 0 Å². The average Bonchev–Trinajstić information content (AvgIpc) is 3.75. The van der Waals surface area contributed by atoms with Crippen LogP contribution >= 0.6 is 11.3 Å². The van der Waals surface area contributed by atoms with Crippen LogP contribution in [0.1, 0.15) is 72.8 Å². The molecule has 0 amide bonds. The molecule has 7 nitrogen and oxygen atoms in total. The van der Waals surface area contributed by atoms with Crippen molar-refractivity contribution in [2.45, 2.75) is 32.2 Å². The molecule has 3 aromatic carbocycles. The molecule has 0 fully saturated rings. The summed E-state index contributed by atoms with van der Waals surface area (Å²) < 4.78 is 21.1. The molecular weight excluding hydrogens is 603 g/mol. The molecule has 46 heavy (non-hydrogen) atoms. The fraction of sp³-hybridized carbons (Fsp3) is 0.162. The topological polar surface area (TPSA) is 97.6 Å². The summed E-state index contributed by atoms with van der Waals surface area (Å²) in [6.07, 6.45) is 1.39. The Hall–Kier alpha value is -5.28. The molecule has 0 saturated heterocycles. The van der Waals surface area contributed by atoms with Crippen molar-refractivity contribution in [3.8, 4) is 0 Å². The Morgan fingerprint density at radius 3 is 2.26 bits per heavy atom. The summed E-state index contributed by atoms with van der Waals surface area (Å²) >= 11 is 1.61. The van der Waals surface area contributed by atoms with Crippen LogP contribution in [0.25, 0.3) is 21.1 Å². The maximum Gasteiger partial charge on any atom is 0.184 e. The molecule has 0 aliphatic rings. The third kappa shape index (κ3) is 6.69. The molecule has 9 heteroatoms. The lowest BCUT2D eigenvalue weighted by Gasteiger charge is -2.20. The van der Waals surface area contributed by atoms with Crippen LogP contribution in [0.4, 0.5) is 10.2 Å². The highest BCUT2D eigenvalue weighted by molar-refractivity contribution is 7.17. The summed E-state index contributed by atoms with van der Waals surface area (Å²) in [6, 6.07) is 24.1. The molecule has 0 aliphatic heterocycles. The standard InChI is InChI=1S/C37H29FN2O5S/c1-40(22-27-4-2-3-5-28(27)32(43)11-9-30(41)24-7-14-35-26(21-24)17-19-46-35)36-15-8-29(38)37(39-36)33(44)12-10-31(42)23-6-13-34-25(20-23)16-18-45-34/h2-8,13-21H,9-12,22H2,1H3. The third-order valence-corrected chi connectivity index (χ3v) is 8.82. The Kier molecular flexibility index (Phi) is 8.94. The van der Waals surface area contributed by atoms with Gasteiger partial charge in [-0.05, 0) is 77.0 Å². The Balaban J connectivity index is 1.09. The number of anilines is 1. The van der Waals surface area contributed by atoms with Gasteiger partial charge in [-0.2, -0.15) is 0 Å². The van der Waals surface area contributed by atoms with E-state index in [0.29, 0.717) is 33.7 Å². The van der Waals surface area contributed by atoms with Gasteiger partial charge in [0.15, 0.2) is 29.0 Å². The van der Waals surface area contributed by atoms with E-state index in [0.717, 1.165) is 15.5 Å². The molecule has 0 spiro atoms. The summed E-state index contributed by atoms with van der Waals surface area (Å²) in [4.78, 5) is 57.8. The van der Waals surface area contributed by atoms with Gasteiger partial charge < -0.3 is 9.32 Å². The largest absolute Gasteiger partial charge is 0.464 e. The monoisotopic (exact) mass is 632 g/mol. The summed E-state index contributed by atoms with van der Waals surface area (Å²) in [7, 11) is 1.73. The second-order valence-corrected chi connectivity index (χ2v) is 12.0. The zero-order valence-corrected chi connectivity index (χ0v) is 25.8. The summed E-state index contributed by atoms with van der Waals surface area (Å²) in [5.41, 5.74) is 2.54. The molecule has 3 heterocycles.